The lowest BCUT2D eigenvalue weighted by molar-refractivity contribution is -0.169. The van der Waals surface area contributed by atoms with Gasteiger partial charge in [0.1, 0.15) is 5.75 Å². The van der Waals surface area contributed by atoms with Crippen molar-refractivity contribution in [3.8, 4) is 5.75 Å². The number of nitrogens with zero attached hydrogens (tertiary/aromatic N) is 1. The molecule has 1 aromatic carbocycles. The molecule has 24 heavy (non-hydrogen) atoms. The van der Waals surface area contributed by atoms with E-state index in [9.17, 15) is 14.6 Å². The summed E-state index contributed by atoms with van der Waals surface area (Å²) in [5, 5.41) is 13.2. The summed E-state index contributed by atoms with van der Waals surface area (Å²) in [6.45, 7) is 5.47. The minimum Gasteiger partial charge on any atom is -0.442 e. The molecule has 0 fully saturated rings. The van der Waals surface area contributed by atoms with Crippen molar-refractivity contribution in [2.45, 2.75) is 20.8 Å². The molecule has 1 amide bonds. The molecule has 1 unspecified atom stereocenters. The van der Waals surface area contributed by atoms with Crippen molar-refractivity contribution in [1.29, 1.82) is 0 Å². The van der Waals surface area contributed by atoms with Crippen LogP contribution in [0.1, 0.15) is 20.8 Å². The summed E-state index contributed by atoms with van der Waals surface area (Å²) in [6.07, 6.45) is 0.391. The zero-order valence-electron chi connectivity index (χ0n) is 14.4. The molecule has 1 atom stereocenters. The van der Waals surface area contributed by atoms with Crippen LogP contribution in [0.4, 0.5) is 0 Å². The number of hydrogen-bond donors (Lipinski definition) is 2. The summed E-state index contributed by atoms with van der Waals surface area (Å²) in [5.41, 5.74) is -0.388. The molecular formula is C16H26ClN2O4P. The molecule has 8 heteroatoms. The molecule has 0 aliphatic heterocycles. The summed E-state index contributed by atoms with van der Waals surface area (Å²) < 4.78 is 18.3. The molecule has 0 saturated carbocycles. The monoisotopic (exact) mass is 376 g/mol. The zero-order valence-corrected chi connectivity index (χ0v) is 16.0. The first-order valence-corrected chi connectivity index (χ1v) is 10.3. The number of rotatable bonds is 10. The summed E-state index contributed by atoms with van der Waals surface area (Å²) in [7, 11) is -2.94. The highest BCUT2D eigenvalue weighted by molar-refractivity contribution is 7.59. The van der Waals surface area contributed by atoms with Gasteiger partial charge in [-0.15, -0.1) is 11.6 Å². The summed E-state index contributed by atoms with van der Waals surface area (Å²) in [6, 6.07) is 8.91. The van der Waals surface area contributed by atoms with Gasteiger partial charge in [0, 0.05) is 12.0 Å². The van der Waals surface area contributed by atoms with Gasteiger partial charge >= 0.3 is 0 Å². The molecule has 136 valence electrons. The average molecular weight is 377 g/mol. The van der Waals surface area contributed by atoms with E-state index in [2.05, 4.69) is 5.32 Å². The first-order valence-electron chi connectivity index (χ1n) is 7.80. The van der Waals surface area contributed by atoms with Gasteiger partial charge in [0.15, 0.2) is 0 Å². The second-order valence-electron chi connectivity index (χ2n) is 6.37. The highest BCUT2D eigenvalue weighted by Gasteiger charge is 2.25. The smallest absolute Gasteiger partial charge is 0.261 e. The van der Waals surface area contributed by atoms with Crippen molar-refractivity contribution >= 4 is 24.9 Å². The summed E-state index contributed by atoms with van der Waals surface area (Å²) in [4.78, 5) is 11.9. The maximum absolute atomic E-state index is 12.7. The fourth-order valence-electron chi connectivity index (χ4n) is 1.84. The lowest BCUT2D eigenvalue weighted by Crippen LogP contribution is -2.42. The molecule has 0 radical (unpaired) electrons. The molecule has 0 aliphatic rings. The van der Waals surface area contributed by atoms with Gasteiger partial charge in [0.2, 0.25) is 0 Å². The van der Waals surface area contributed by atoms with E-state index in [1.165, 1.54) is 0 Å². The number of para-hydroxylation sites is 1. The van der Waals surface area contributed by atoms with Crippen LogP contribution in [0, 0.1) is 5.41 Å². The van der Waals surface area contributed by atoms with Crippen LogP contribution in [0.2, 0.25) is 0 Å². The third-order valence-electron chi connectivity index (χ3n) is 3.35. The van der Waals surface area contributed by atoms with Crippen molar-refractivity contribution in [1.82, 2.24) is 10.4 Å². The molecular weight excluding hydrogens is 351 g/mol. The Morgan fingerprint density at radius 2 is 2.00 bits per heavy atom. The fourth-order valence-corrected chi connectivity index (χ4v) is 3.30. The molecule has 0 saturated heterocycles. The lowest BCUT2D eigenvalue weighted by Gasteiger charge is -2.27. The predicted octanol–water partition coefficient (Wildman–Crippen LogP) is 3.39. The van der Waals surface area contributed by atoms with Crippen LogP contribution < -0.4 is 9.84 Å². The molecule has 0 aliphatic carbocycles. The number of alkyl halides is 1. The second kappa shape index (κ2) is 9.42. The molecule has 0 heterocycles. The van der Waals surface area contributed by atoms with Gasteiger partial charge in [-0.25, -0.2) is 5.06 Å². The predicted molar refractivity (Wildman–Crippen MR) is 96.1 cm³/mol. The van der Waals surface area contributed by atoms with Crippen LogP contribution in [0.15, 0.2) is 30.3 Å². The van der Waals surface area contributed by atoms with Gasteiger partial charge in [-0.2, -0.15) is 0 Å². The largest absolute Gasteiger partial charge is 0.442 e. The van der Waals surface area contributed by atoms with E-state index in [1.807, 2.05) is 19.9 Å². The summed E-state index contributed by atoms with van der Waals surface area (Å²) >= 11 is 5.78. The van der Waals surface area contributed by atoms with E-state index < -0.39 is 13.3 Å². The Bertz CT molecular complexity index is 568. The van der Waals surface area contributed by atoms with Crippen molar-refractivity contribution in [3.63, 3.8) is 0 Å². The van der Waals surface area contributed by atoms with E-state index in [4.69, 9.17) is 16.1 Å². The Balaban J connectivity index is 2.49. The molecule has 0 spiro atoms. The molecule has 0 aromatic heterocycles. The first kappa shape index (κ1) is 21.0. The molecule has 2 N–H and O–H groups in total. The zero-order chi connectivity index (χ0) is 18.2. The third-order valence-corrected chi connectivity index (χ3v) is 6.29. The van der Waals surface area contributed by atoms with Gasteiger partial charge in [0.05, 0.1) is 19.4 Å². The minimum atomic E-state index is -2.94. The highest BCUT2D eigenvalue weighted by Crippen LogP contribution is 2.45. The van der Waals surface area contributed by atoms with E-state index in [-0.39, 0.29) is 24.8 Å². The van der Waals surface area contributed by atoms with E-state index >= 15 is 0 Å². The molecule has 6 nitrogen and oxygen atoms in total. The Morgan fingerprint density at radius 1 is 1.38 bits per heavy atom. The van der Waals surface area contributed by atoms with Crippen molar-refractivity contribution in [3.05, 3.63) is 30.3 Å². The van der Waals surface area contributed by atoms with E-state index in [0.29, 0.717) is 22.9 Å². The summed E-state index contributed by atoms with van der Waals surface area (Å²) in [5.74, 6) is 0.347. The molecule has 1 aromatic rings. The minimum absolute atomic E-state index is 0.0525. The van der Waals surface area contributed by atoms with Crippen LogP contribution in [-0.4, -0.2) is 47.6 Å². The number of carbonyl (C=O) groups excluding carboxylic acids is 1. The van der Waals surface area contributed by atoms with Crippen LogP contribution in [0.5, 0.6) is 5.75 Å². The van der Waals surface area contributed by atoms with Crippen LogP contribution in [0.3, 0.4) is 0 Å². The van der Waals surface area contributed by atoms with Gasteiger partial charge < -0.3 is 4.52 Å². The Hall–Kier alpha value is -1.07. The lowest BCUT2D eigenvalue weighted by atomic mass is 9.96. The number of nitrogens with one attached hydrogen (secondary N) is 1. The Labute approximate surface area is 148 Å². The van der Waals surface area contributed by atoms with Crippen molar-refractivity contribution in [2.24, 2.45) is 5.41 Å². The number of hydrogen-bond acceptors (Lipinski definition) is 5. The third kappa shape index (κ3) is 7.22. The topological polar surface area (TPSA) is 78.9 Å². The SMILES string of the molecule is CCP(=O)(CNCC(=O)N(O)CC(C)(C)CCl)Oc1ccccc1. The van der Waals surface area contributed by atoms with Crippen molar-refractivity contribution in [2.75, 3.05) is 31.4 Å². The number of benzene rings is 1. The highest BCUT2D eigenvalue weighted by atomic mass is 35.5. The van der Waals surface area contributed by atoms with Gasteiger partial charge in [-0.05, 0) is 17.5 Å². The van der Waals surface area contributed by atoms with Crippen molar-refractivity contribution < 1.29 is 19.1 Å². The standard InChI is InChI=1S/C16H26ClN2O4P/c1-4-24(22,23-14-8-6-5-7-9-14)13-18-10-15(20)19(21)12-16(2,3)11-17/h5-9,18,21H,4,10-13H2,1-3H3. The number of carbonyl (C=O) groups is 1. The van der Waals surface area contributed by atoms with Crippen LogP contribution in [0.25, 0.3) is 0 Å². The maximum atomic E-state index is 12.7. The van der Waals surface area contributed by atoms with E-state index in [0.717, 1.165) is 0 Å². The fraction of sp³-hybridized carbons (Fsp3) is 0.562. The van der Waals surface area contributed by atoms with E-state index in [1.54, 1.807) is 31.2 Å². The van der Waals surface area contributed by atoms with Crippen LogP contribution in [-0.2, 0) is 9.36 Å². The van der Waals surface area contributed by atoms with Gasteiger partial charge in [0.25, 0.3) is 13.3 Å². The number of amides is 1. The average Bonchev–Trinajstić information content (AvgIpc) is 2.55. The Morgan fingerprint density at radius 3 is 2.54 bits per heavy atom. The van der Waals surface area contributed by atoms with Gasteiger partial charge in [-0.1, -0.05) is 39.0 Å². The van der Waals surface area contributed by atoms with Gasteiger partial charge in [-0.3, -0.25) is 19.9 Å². The number of halogens is 1. The maximum Gasteiger partial charge on any atom is 0.261 e. The second-order valence-corrected chi connectivity index (χ2v) is 9.40. The Kier molecular flexibility index (Phi) is 8.23. The molecule has 0 bridgehead atoms. The first-order chi connectivity index (χ1) is 11.2. The number of hydroxylamine groups is 2. The van der Waals surface area contributed by atoms with Crippen LogP contribution >= 0.6 is 19.0 Å². The molecule has 1 rings (SSSR count). The quantitative estimate of drug-likeness (QED) is 0.283. The normalized spacial score (nSPS) is 14.0.